The minimum atomic E-state index is -0.578. The molecule has 2 amide bonds. The molecule has 0 saturated heterocycles. The SMILES string of the molecule is O=C(Nc1ccccc1)Nc1c(F)cccc1Cl. The molecule has 0 saturated carbocycles. The van der Waals surface area contributed by atoms with Crippen LogP contribution in [0, 0.1) is 5.82 Å². The average Bonchev–Trinajstić information content (AvgIpc) is 2.35. The van der Waals surface area contributed by atoms with Gasteiger partial charge in [-0.25, -0.2) is 9.18 Å². The molecule has 2 aromatic carbocycles. The topological polar surface area (TPSA) is 41.1 Å². The first-order valence-corrected chi connectivity index (χ1v) is 5.61. The van der Waals surface area contributed by atoms with E-state index >= 15 is 0 Å². The maximum absolute atomic E-state index is 13.4. The number of anilines is 2. The van der Waals surface area contributed by atoms with Crippen LogP contribution in [-0.2, 0) is 0 Å². The second-order valence-electron chi connectivity index (χ2n) is 3.54. The van der Waals surface area contributed by atoms with Gasteiger partial charge in [0, 0.05) is 5.69 Å². The van der Waals surface area contributed by atoms with E-state index in [2.05, 4.69) is 10.6 Å². The van der Waals surface area contributed by atoms with Crippen LogP contribution in [0.1, 0.15) is 0 Å². The van der Waals surface area contributed by atoms with Gasteiger partial charge in [-0.3, -0.25) is 0 Å². The lowest BCUT2D eigenvalue weighted by Gasteiger charge is -2.09. The molecule has 0 fully saturated rings. The number of urea groups is 1. The van der Waals surface area contributed by atoms with Gasteiger partial charge < -0.3 is 10.6 Å². The van der Waals surface area contributed by atoms with Crippen LogP contribution < -0.4 is 10.6 Å². The summed E-state index contributed by atoms with van der Waals surface area (Å²) in [5.41, 5.74) is 0.579. The van der Waals surface area contributed by atoms with Crippen LogP contribution >= 0.6 is 11.6 Å². The Labute approximate surface area is 109 Å². The van der Waals surface area contributed by atoms with Crippen LogP contribution in [0.15, 0.2) is 48.5 Å². The smallest absolute Gasteiger partial charge is 0.308 e. The molecular formula is C13H10ClFN2O. The Morgan fingerprint density at radius 3 is 2.39 bits per heavy atom. The number of halogens is 2. The van der Waals surface area contributed by atoms with Crippen molar-refractivity contribution in [3.8, 4) is 0 Å². The van der Waals surface area contributed by atoms with Gasteiger partial charge in [0.1, 0.15) is 5.82 Å². The standard InChI is InChI=1S/C13H10ClFN2O/c14-10-7-4-8-11(15)12(10)17-13(18)16-9-5-2-1-3-6-9/h1-8H,(H2,16,17,18). The van der Waals surface area contributed by atoms with Crippen LogP contribution in [0.4, 0.5) is 20.6 Å². The quantitative estimate of drug-likeness (QED) is 0.841. The van der Waals surface area contributed by atoms with E-state index in [0.29, 0.717) is 5.69 Å². The molecule has 0 bridgehead atoms. The Balaban J connectivity index is 2.08. The molecule has 2 rings (SSSR count). The third kappa shape index (κ3) is 2.99. The van der Waals surface area contributed by atoms with Crippen molar-refractivity contribution in [3.63, 3.8) is 0 Å². The minimum Gasteiger partial charge on any atom is -0.308 e. The second kappa shape index (κ2) is 5.51. The monoisotopic (exact) mass is 264 g/mol. The zero-order valence-corrected chi connectivity index (χ0v) is 10.0. The highest BCUT2D eigenvalue weighted by atomic mass is 35.5. The number of nitrogens with one attached hydrogen (secondary N) is 2. The Kier molecular flexibility index (Phi) is 3.79. The Morgan fingerprint density at radius 1 is 1.00 bits per heavy atom. The van der Waals surface area contributed by atoms with E-state index in [1.807, 2.05) is 6.07 Å². The normalized spacial score (nSPS) is 9.89. The van der Waals surface area contributed by atoms with Gasteiger partial charge in [0.25, 0.3) is 0 Å². The minimum absolute atomic E-state index is 0.0346. The van der Waals surface area contributed by atoms with Gasteiger partial charge in [-0.15, -0.1) is 0 Å². The van der Waals surface area contributed by atoms with Crippen molar-refractivity contribution in [2.24, 2.45) is 0 Å². The van der Waals surface area contributed by atoms with Crippen molar-refractivity contribution in [1.82, 2.24) is 0 Å². The molecule has 0 aliphatic heterocycles. The molecule has 0 unspecified atom stereocenters. The zero-order chi connectivity index (χ0) is 13.0. The summed E-state index contributed by atoms with van der Waals surface area (Å²) in [4.78, 5) is 11.6. The van der Waals surface area contributed by atoms with Gasteiger partial charge in [0.2, 0.25) is 0 Å². The molecule has 5 heteroatoms. The number of hydrogen-bond donors (Lipinski definition) is 2. The van der Waals surface area contributed by atoms with Crippen LogP contribution in [0.3, 0.4) is 0 Å². The van der Waals surface area contributed by atoms with Crippen molar-refractivity contribution in [1.29, 1.82) is 0 Å². The van der Waals surface area contributed by atoms with Crippen LogP contribution in [0.2, 0.25) is 5.02 Å². The first-order valence-electron chi connectivity index (χ1n) is 5.24. The molecule has 0 aliphatic carbocycles. The summed E-state index contributed by atoms with van der Waals surface area (Å²) < 4.78 is 13.4. The molecule has 0 aromatic heterocycles. The molecule has 0 radical (unpaired) electrons. The molecular weight excluding hydrogens is 255 g/mol. The van der Waals surface area contributed by atoms with Crippen molar-refractivity contribution < 1.29 is 9.18 Å². The summed E-state index contributed by atoms with van der Waals surface area (Å²) in [6.45, 7) is 0. The Morgan fingerprint density at radius 2 is 1.72 bits per heavy atom. The van der Waals surface area contributed by atoms with Crippen molar-refractivity contribution >= 4 is 29.0 Å². The van der Waals surface area contributed by atoms with Gasteiger partial charge in [-0.05, 0) is 24.3 Å². The number of benzene rings is 2. The van der Waals surface area contributed by atoms with Crippen LogP contribution in [-0.4, -0.2) is 6.03 Å². The highest BCUT2D eigenvalue weighted by Gasteiger charge is 2.10. The summed E-state index contributed by atoms with van der Waals surface area (Å²) >= 11 is 5.79. The molecule has 0 heterocycles. The highest BCUT2D eigenvalue weighted by molar-refractivity contribution is 6.33. The number of carbonyl (C=O) groups is 1. The van der Waals surface area contributed by atoms with E-state index < -0.39 is 11.8 Å². The summed E-state index contributed by atoms with van der Waals surface area (Å²) in [6.07, 6.45) is 0. The fourth-order valence-corrected chi connectivity index (χ4v) is 1.62. The number of para-hydroxylation sites is 2. The third-order valence-electron chi connectivity index (χ3n) is 2.23. The number of rotatable bonds is 2. The summed E-state index contributed by atoms with van der Waals surface area (Å²) in [5, 5.41) is 5.09. The van der Waals surface area contributed by atoms with Gasteiger partial charge in [0.05, 0.1) is 10.7 Å². The number of amides is 2. The maximum Gasteiger partial charge on any atom is 0.323 e. The largest absolute Gasteiger partial charge is 0.323 e. The summed E-state index contributed by atoms with van der Waals surface area (Å²) in [5.74, 6) is -0.578. The van der Waals surface area contributed by atoms with E-state index in [0.717, 1.165) is 0 Å². The first-order chi connectivity index (χ1) is 8.66. The van der Waals surface area contributed by atoms with E-state index in [1.165, 1.54) is 18.2 Å². The fraction of sp³-hybridized carbons (Fsp3) is 0. The van der Waals surface area contributed by atoms with Gasteiger partial charge >= 0.3 is 6.03 Å². The summed E-state index contributed by atoms with van der Waals surface area (Å²) in [7, 11) is 0. The zero-order valence-electron chi connectivity index (χ0n) is 9.28. The Hall–Kier alpha value is -2.07. The maximum atomic E-state index is 13.4. The van der Waals surface area contributed by atoms with E-state index in [4.69, 9.17) is 11.6 Å². The van der Waals surface area contributed by atoms with Crippen molar-refractivity contribution in [2.45, 2.75) is 0 Å². The van der Waals surface area contributed by atoms with E-state index in [9.17, 15) is 9.18 Å². The number of carbonyl (C=O) groups excluding carboxylic acids is 1. The van der Waals surface area contributed by atoms with E-state index in [-0.39, 0.29) is 10.7 Å². The predicted octanol–water partition coefficient (Wildman–Crippen LogP) is 4.12. The average molecular weight is 265 g/mol. The molecule has 18 heavy (non-hydrogen) atoms. The molecule has 0 aliphatic rings. The first kappa shape index (κ1) is 12.4. The predicted molar refractivity (Wildman–Crippen MR) is 70.5 cm³/mol. The van der Waals surface area contributed by atoms with Crippen molar-refractivity contribution in [2.75, 3.05) is 10.6 Å². The van der Waals surface area contributed by atoms with Gasteiger partial charge in [-0.1, -0.05) is 35.9 Å². The lowest BCUT2D eigenvalue weighted by atomic mass is 10.3. The Bertz CT molecular complexity index is 540. The van der Waals surface area contributed by atoms with Crippen LogP contribution in [0.25, 0.3) is 0 Å². The molecule has 2 aromatic rings. The molecule has 0 spiro atoms. The third-order valence-corrected chi connectivity index (χ3v) is 2.55. The highest BCUT2D eigenvalue weighted by Crippen LogP contribution is 2.24. The van der Waals surface area contributed by atoms with Crippen LogP contribution in [0.5, 0.6) is 0 Å². The lowest BCUT2D eigenvalue weighted by Crippen LogP contribution is -2.20. The molecule has 3 nitrogen and oxygen atoms in total. The molecule has 2 N–H and O–H groups in total. The fourth-order valence-electron chi connectivity index (χ4n) is 1.41. The molecule has 0 atom stereocenters. The summed E-state index contributed by atoms with van der Waals surface area (Å²) in [6, 6.07) is 12.5. The van der Waals surface area contributed by atoms with E-state index in [1.54, 1.807) is 24.3 Å². The van der Waals surface area contributed by atoms with Gasteiger partial charge in [-0.2, -0.15) is 0 Å². The van der Waals surface area contributed by atoms with Crippen molar-refractivity contribution in [3.05, 3.63) is 59.4 Å². The van der Waals surface area contributed by atoms with Gasteiger partial charge in [0.15, 0.2) is 0 Å². The lowest BCUT2D eigenvalue weighted by molar-refractivity contribution is 0.262. The second-order valence-corrected chi connectivity index (χ2v) is 3.95. The number of hydrogen-bond acceptors (Lipinski definition) is 1. The molecule has 92 valence electrons.